The number of hydrogen-bond acceptors (Lipinski definition) is 8. The normalized spacial score (nSPS) is 10.5. The van der Waals surface area contributed by atoms with Crippen molar-refractivity contribution < 1.29 is 23.8 Å². The molecular formula is C20H25N3O7. The highest BCUT2D eigenvalue weighted by molar-refractivity contribution is 6.02. The third-order valence-electron chi connectivity index (χ3n) is 4.34. The zero-order valence-electron chi connectivity index (χ0n) is 17.4. The Morgan fingerprint density at radius 3 is 2.43 bits per heavy atom. The molecule has 0 radical (unpaired) electrons. The van der Waals surface area contributed by atoms with Crippen LogP contribution in [-0.2, 0) is 18.3 Å². The van der Waals surface area contributed by atoms with E-state index in [9.17, 15) is 19.2 Å². The van der Waals surface area contributed by atoms with Crippen molar-refractivity contribution >= 4 is 17.6 Å². The second-order valence-corrected chi connectivity index (χ2v) is 6.36. The summed E-state index contributed by atoms with van der Waals surface area (Å²) in [6.45, 7) is 3.59. The number of carbonyl (C=O) groups excluding carboxylic acids is 2. The van der Waals surface area contributed by atoms with Crippen LogP contribution in [0.3, 0.4) is 0 Å². The van der Waals surface area contributed by atoms with Gasteiger partial charge in [0.1, 0.15) is 11.4 Å². The number of ether oxygens (including phenoxy) is 3. The number of benzene rings is 1. The van der Waals surface area contributed by atoms with Crippen molar-refractivity contribution in [2.24, 2.45) is 7.05 Å². The second kappa shape index (κ2) is 9.77. The Morgan fingerprint density at radius 2 is 1.83 bits per heavy atom. The van der Waals surface area contributed by atoms with Crippen LogP contribution in [0.15, 0.2) is 27.8 Å². The first kappa shape index (κ1) is 22.7. The van der Waals surface area contributed by atoms with Crippen LogP contribution in [0.2, 0.25) is 0 Å². The predicted octanol–water partition coefficient (Wildman–Crippen LogP) is 0.986. The Hall–Kier alpha value is -3.56. The Balaban J connectivity index is 2.25. The van der Waals surface area contributed by atoms with Crippen LogP contribution in [0.25, 0.3) is 0 Å². The fraction of sp³-hybridized carbons (Fsp3) is 0.400. The summed E-state index contributed by atoms with van der Waals surface area (Å²) in [4.78, 5) is 49.5. The maximum atomic E-state index is 12.6. The minimum Gasteiger partial charge on any atom is -0.493 e. The molecular weight excluding hydrogens is 394 g/mol. The number of methoxy groups -OCH3 is 1. The van der Waals surface area contributed by atoms with Crippen molar-refractivity contribution in [2.45, 2.75) is 26.8 Å². The van der Waals surface area contributed by atoms with Gasteiger partial charge in [0.15, 0.2) is 18.1 Å². The van der Waals surface area contributed by atoms with Gasteiger partial charge in [-0.1, -0.05) is 6.92 Å². The number of nitrogen functional groups attached to an aromatic ring is 1. The SMILES string of the molecule is CCCn1c(N)c(C(=O)COC(=O)c2ccc(OCC)c(OC)c2)c(=O)n(C)c1=O. The van der Waals surface area contributed by atoms with Gasteiger partial charge in [0.2, 0.25) is 5.78 Å². The summed E-state index contributed by atoms with van der Waals surface area (Å²) in [6, 6.07) is 4.44. The van der Waals surface area contributed by atoms with Crippen LogP contribution in [0.5, 0.6) is 11.5 Å². The lowest BCUT2D eigenvalue weighted by atomic mass is 10.2. The molecule has 0 saturated heterocycles. The van der Waals surface area contributed by atoms with Gasteiger partial charge in [-0.15, -0.1) is 0 Å². The van der Waals surface area contributed by atoms with Gasteiger partial charge in [0, 0.05) is 13.6 Å². The van der Waals surface area contributed by atoms with E-state index in [1.54, 1.807) is 6.07 Å². The van der Waals surface area contributed by atoms with Crippen LogP contribution in [0.4, 0.5) is 5.82 Å². The Morgan fingerprint density at radius 1 is 1.13 bits per heavy atom. The molecule has 30 heavy (non-hydrogen) atoms. The molecule has 1 aromatic heterocycles. The van der Waals surface area contributed by atoms with E-state index in [0.29, 0.717) is 24.5 Å². The quantitative estimate of drug-likeness (QED) is 0.470. The molecule has 0 amide bonds. The fourth-order valence-electron chi connectivity index (χ4n) is 2.84. The zero-order valence-corrected chi connectivity index (χ0v) is 17.4. The van der Waals surface area contributed by atoms with Gasteiger partial charge < -0.3 is 19.9 Å². The van der Waals surface area contributed by atoms with Gasteiger partial charge >= 0.3 is 11.7 Å². The average molecular weight is 419 g/mol. The Labute approximate surface area is 172 Å². The number of ketones is 1. The number of rotatable bonds is 9. The number of anilines is 1. The molecule has 0 bridgehead atoms. The van der Waals surface area contributed by atoms with Crippen molar-refractivity contribution in [1.82, 2.24) is 9.13 Å². The molecule has 0 aliphatic carbocycles. The summed E-state index contributed by atoms with van der Waals surface area (Å²) in [6.07, 6.45) is 0.574. The molecule has 1 aromatic carbocycles. The molecule has 0 spiro atoms. The third-order valence-corrected chi connectivity index (χ3v) is 4.34. The Bertz CT molecular complexity index is 1070. The molecule has 2 rings (SSSR count). The van der Waals surface area contributed by atoms with E-state index in [-0.39, 0.29) is 23.5 Å². The zero-order chi connectivity index (χ0) is 22.4. The van der Waals surface area contributed by atoms with E-state index >= 15 is 0 Å². The highest BCUT2D eigenvalue weighted by Gasteiger charge is 2.23. The van der Waals surface area contributed by atoms with Gasteiger partial charge in [0.25, 0.3) is 5.56 Å². The molecule has 0 aliphatic heterocycles. The summed E-state index contributed by atoms with van der Waals surface area (Å²) >= 11 is 0. The summed E-state index contributed by atoms with van der Waals surface area (Å²) in [5, 5.41) is 0. The van der Waals surface area contributed by atoms with Gasteiger partial charge in [-0.25, -0.2) is 9.59 Å². The highest BCUT2D eigenvalue weighted by atomic mass is 16.5. The molecule has 162 valence electrons. The standard InChI is InChI=1S/C20H25N3O7/c1-5-9-23-17(21)16(18(25)22(3)20(23)27)13(24)11-30-19(26)12-7-8-14(29-6-2)15(10-12)28-4/h7-8,10H,5-6,9,11,21H2,1-4H3. The van der Waals surface area contributed by atoms with E-state index in [2.05, 4.69) is 0 Å². The second-order valence-electron chi connectivity index (χ2n) is 6.36. The van der Waals surface area contributed by atoms with E-state index in [0.717, 1.165) is 9.13 Å². The van der Waals surface area contributed by atoms with Crippen LogP contribution >= 0.6 is 0 Å². The van der Waals surface area contributed by atoms with Crippen molar-refractivity contribution in [3.8, 4) is 11.5 Å². The van der Waals surface area contributed by atoms with Crippen LogP contribution in [0.1, 0.15) is 41.0 Å². The number of nitrogens with two attached hydrogens (primary N) is 1. The maximum absolute atomic E-state index is 12.6. The van der Waals surface area contributed by atoms with Crippen molar-refractivity contribution in [3.05, 3.63) is 50.2 Å². The van der Waals surface area contributed by atoms with Crippen molar-refractivity contribution in [3.63, 3.8) is 0 Å². The van der Waals surface area contributed by atoms with Crippen LogP contribution in [-0.4, -0.2) is 41.2 Å². The molecule has 0 aliphatic rings. The first-order valence-electron chi connectivity index (χ1n) is 9.37. The van der Waals surface area contributed by atoms with E-state index < -0.39 is 29.6 Å². The van der Waals surface area contributed by atoms with Gasteiger partial charge in [-0.2, -0.15) is 0 Å². The molecule has 0 atom stereocenters. The minimum atomic E-state index is -0.839. The number of esters is 1. The number of aromatic nitrogens is 2. The predicted molar refractivity (Wildman–Crippen MR) is 109 cm³/mol. The molecule has 10 heteroatoms. The first-order valence-corrected chi connectivity index (χ1v) is 9.37. The minimum absolute atomic E-state index is 0.139. The molecule has 0 saturated carbocycles. The molecule has 0 unspecified atom stereocenters. The fourth-order valence-corrected chi connectivity index (χ4v) is 2.84. The van der Waals surface area contributed by atoms with Crippen molar-refractivity contribution in [1.29, 1.82) is 0 Å². The summed E-state index contributed by atoms with van der Waals surface area (Å²) in [5.74, 6) is -1.04. The molecule has 2 N–H and O–H groups in total. The third kappa shape index (κ3) is 4.53. The maximum Gasteiger partial charge on any atom is 0.338 e. The lowest BCUT2D eigenvalue weighted by Gasteiger charge is -2.14. The largest absolute Gasteiger partial charge is 0.493 e. The number of carbonyl (C=O) groups is 2. The smallest absolute Gasteiger partial charge is 0.338 e. The molecule has 2 aromatic rings. The Kier molecular flexibility index (Phi) is 7.40. The highest BCUT2D eigenvalue weighted by Crippen LogP contribution is 2.28. The van der Waals surface area contributed by atoms with Crippen LogP contribution < -0.4 is 26.5 Å². The number of nitrogens with zero attached hydrogens (tertiary/aromatic N) is 2. The van der Waals surface area contributed by atoms with Crippen LogP contribution in [0, 0.1) is 0 Å². The topological polar surface area (TPSA) is 132 Å². The number of hydrogen-bond donors (Lipinski definition) is 1. The first-order chi connectivity index (χ1) is 14.3. The van der Waals surface area contributed by atoms with Gasteiger partial charge in [-0.05, 0) is 31.5 Å². The van der Waals surface area contributed by atoms with E-state index in [4.69, 9.17) is 19.9 Å². The summed E-state index contributed by atoms with van der Waals surface area (Å²) in [5.41, 5.74) is 4.20. The molecule has 10 nitrogen and oxygen atoms in total. The van der Waals surface area contributed by atoms with E-state index in [1.165, 1.54) is 26.3 Å². The van der Waals surface area contributed by atoms with Crippen molar-refractivity contribution in [2.75, 3.05) is 26.1 Å². The lowest BCUT2D eigenvalue weighted by molar-refractivity contribution is 0.0473. The summed E-state index contributed by atoms with van der Waals surface area (Å²) in [7, 11) is 2.69. The number of Topliss-reactive ketones (excluding diaryl/α,β-unsaturated/α-hetero) is 1. The lowest BCUT2D eigenvalue weighted by Crippen LogP contribution is -2.43. The average Bonchev–Trinajstić information content (AvgIpc) is 2.74. The van der Waals surface area contributed by atoms with Gasteiger partial charge in [-0.3, -0.25) is 18.7 Å². The van der Waals surface area contributed by atoms with Gasteiger partial charge in [0.05, 0.1) is 19.3 Å². The monoisotopic (exact) mass is 419 g/mol. The molecule has 1 heterocycles. The van der Waals surface area contributed by atoms with E-state index in [1.807, 2.05) is 13.8 Å². The molecule has 0 fully saturated rings. The summed E-state index contributed by atoms with van der Waals surface area (Å²) < 4.78 is 17.6.